The molecule has 0 spiro atoms. The maximum absolute atomic E-state index is 11.6. The third-order valence-corrected chi connectivity index (χ3v) is 2.52. The predicted octanol–water partition coefficient (Wildman–Crippen LogP) is 2.98. The predicted molar refractivity (Wildman–Crippen MR) is 70.4 cm³/mol. The molecule has 0 heterocycles. The molecule has 0 saturated heterocycles. The van der Waals surface area contributed by atoms with E-state index in [1.54, 1.807) is 0 Å². The summed E-state index contributed by atoms with van der Waals surface area (Å²) in [7, 11) is 0. The van der Waals surface area contributed by atoms with Crippen LogP contribution in [0.1, 0.15) is 30.0 Å². The monoisotopic (exact) mass is 235 g/mol. The van der Waals surface area contributed by atoms with Crippen LogP contribution in [-0.2, 0) is 9.53 Å². The Kier molecular flexibility index (Phi) is 5.16. The normalized spacial score (nSPS) is 10.4. The minimum absolute atomic E-state index is 0.0893. The average molecular weight is 235 g/mol. The first-order chi connectivity index (χ1) is 8.04. The quantitative estimate of drug-likeness (QED) is 0.797. The molecule has 3 heteroatoms. The number of benzene rings is 1. The highest BCUT2D eigenvalue weighted by molar-refractivity contribution is 5.93. The van der Waals surface area contributed by atoms with Crippen molar-refractivity contribution < 1.29 is 9.53 Å². The van der Waals surface area contributed by atoms with Crippen LogP contribution >= 0.6 is 0 Å². The molecular weight excluding hydrogens is 214 g/mol. The molecule has 0 aliphatic heterocycles. The number of hydrogen-bond donors (Lipinski definition) is 1. The van der Waals surface area contributed by atoms with Gasteiger partial charge in [-0.05, 0) is 38.3 Å². The number of nitrogens with one attached hydrogen (secondary N) is 1. The van der Waals surface area contributed by atoms with Crippen LogP contribution in [0, 0.1) is 20.8 Å². The molecule has 0 bridgehead atoms. The summed E-state index contributed by atoms with van der Waals surface area (Å²) in [5.74, 6) is -0.0893. The number of amides is 1. The molecule has 0 unspecified atom stereocenters. The van der Waals surface area contributed by atoms with E-state index >= 15 is 0 Å². The van der Waals surface area contributed by atoms with Gasteiger partial charge < -0.3 is 10.1 Å². The zero-order valence-corrected chi connectivity index (χ0v) is 11.1. The largest absolute Gasteiger partial charge is 0.372 e. The van der Waals surface area contributed by atoms with Crippen molar-refractivity contribution in [3.63, 3.8) is 0 Å². The first-order valence-electron chi connectivity index (χ1n) is 6.00. The zero-order valence-electron chi connectivity index (χ0n) is 11.1. The van der Waals surface area contributed by atoms with Crippen LogP contribution in [0.4, 0.5) is 5.69 Å². The van der Waals surface area contributed by atoms with Crippen molar-refractivity contribution >= 4 is 11.6 Å². The first kappa shape index (κ1) is 13.7. The third kappa shape index (κ3) is 4.19. The molecule has 0 aliphatic rings. The minimum atomic E-state index is -0.0893. The highest BCUT2D eigenvalue weighted by atomic mass is 16.5. The van der Waals surface area contributed by atoms with Gasteiger partial charge in [-0.15, -0.1) is 0 Å². The van der Waals surface area contributed by atoms with Gasteiger partial charge in [0.2, 0.25) is 5.91 Å². The Bertz CT molecular complexity index is 376. The van der Waals surface area contributed by atoms with Gasteiger partial charge in [-0.1, -0.05) is 24.6 Å². The van der Waals surface area contributed by atoms with Gasteiger partial charge in [-0.2, -0.15) is 0 Å². The number of anilines is 1. The van der Waals surface area contributed by atoms with E-state index in [4.69, 9.17) is 4.74 Å². The second-order valence-electron chi connectivity index (χ2n) is 4.37. The number of aryl methyl sites for hydroxylation is 3. The van der Waals surface area contributed by atoms with Gasteiger partial charge >= 0.3 is 0 Å². The van der Waals surface area contributed by atoms with E-state index in [0.717, 1.165) is 23.2 Å². The molecular formula is C14H21NO2. The summed E-state index contributed by atoms with van der Waals surface area (Å²) < 4.78 is 5.21. The lowest BCUT2D eigenvalue weighted by atomic mass is 10.1. The van der Waals surface area contributed by atoms with Gasteiger partial charge in [0.25, 0.3) is 0 Å². The van der Waals surface area contributed by atoms with Crippen LogP contribution in [0.3, 0.4) is 0 Å². The molecule has 0 saturated carbocycles. The summed E-state index contributed by atoms with van der Waals surface area (Å²) in [5.41, 5.74) is 4.29. The van der Waals surface area contributed by atoms with Gasteiger partial charge in [0.05, 0.1) is 0 Å². The van der Waals surface area contributed by atoms with Crippen LogP contribution < -0.4 is 5.32 Å². The second kappa shape index (κ2) is 6.40. The zero-order chi connectivity index (χ0) is 12.8. The fourth-order valence-electron chi connectivity index (χ4n) is 1.86. The van der Waals surface area contributed by atoms with E-state index in [1.807, 2.05) is 20.8 Å². The Hall–Kier alpha value is -1.35. The van der Waals surface area contributed by atoms with Crippen molar-refractivity contribution in [2.75, 3.05) is 18.5 Å². The number of carbonyl (C=O) groups is 1. The molecule has 1 aromatic carbocycles. The summed E-state index contributed by atoms with van der Waals surface area (Å²) in [6.45, 7) is 8.83. The van der Waals surface area contributed by atoms with E-state index in [1.165, 1.54) is 5.56 Å². The summed E-state index contributed by atoms with van der Waals surface area (Å²) >= 11 is 0. The molecule has 1 rings (SSSR count). The van der Waals surface area contributed by atoms with Crippen LogP contribution in [0.2, 0.25) is 0 Å². The number of ether oxygens (including phenoxy) is 1. The lowest BCUT2D eigenvalue weighted by Crippen LogP contribution is -2.19. The van der Waals surface area contributed by atoms with Gasteiger partial charge in [0.1, 0.15) is 6.61 Å². The van der Waals surface area contributed by atoms with Gasteiger partial charge in [-0.3, -0.25) is 4.79 Å². The number of carbonyl (C=O) groups excluding carboxylic acids is 1. The average Bonchev–Trinajstić information content (AvgIpc) is 2.24. The van der Waals surface area contributed by atoms with Crippen LogP contribution in [0.5, 0.6) is 0 Å². The van der Waals surface area contributed by atoms with Crippen LogP contribution in [0.15, 0.2) is 12.1 Å². The molecule has 0 fully saturated rings. The third-order valence-electron chi connectivity index (χ3n) is 2.52. The summed E-state index contributed by atoms with van der Waals surface area (Å²) in [6.07, 6.45) is 0.926. The molecule has 1 amide bonds. The Morgan fingerprint density at radius 2 is 1.82 bits per heavy atom. The second-order valence-corrected chi connectivity index (χ2v) is 4.37. The molecule has 1 N–H and O–H groups in total. The summed E-state index contributed by atoms with van der Waals surface area (Å²) in [5, 5.41) is 2.90. The van der Waals surface area contributed by atoms with Crippen molar-refractivity contribution in [3.05, 3.63) is 28.8 Å². The van der Waals surface area contributed by atoms with E-state index in [0.29, 0.717) is 6.61 Å². The summed E-state index contributed by atoms with van der Waals surface area (Å²) in [4.78, 5) is 11.6. The van der Waals surface area contributed by atoms with Crippen LogP contribution in [0.25, 0.3) is 0 Å². The Balaban J connectivity index is 2.65. The summed E-state index contributed by atoms with van der Waals surface area (Å²) in [6, 6.07) is 4.13. The molecule has 0 atom stereocenters. The topological polar surface area (TPSA) is 38.3 Å². The molecule has 0 radical (unpaired) electrons. The van der Waals surface area contributed by atoms with Crippen molar-refractivity contribution in [2.45, 2.75) is 34.1 Å². The maximum Gasteiger partial charge on any atom is 0.250 e. The Morgan fingerprint density at radius 1 is 1.24 bits per heavy atom. The van der Waals surface area contributed by atoms with E-state index in [9.17, 15) is 4.79 Å². The molecule has 3 nitrogen and oxygen atoms in total. The van der Waals surface area contributed by atoms with E-state index in [2.05, 4.69) is 24.4 Å². The lowest BCUT2D eigenvalue weighted by molar-refractivity contribution is -0.120. The van der Waals surface area contributed by atoms with Crippen molar-refractivity contribution in [1.29, 1.82) is 0 Å². The molecule has 94 valence electrons. The van der Waals surface area contributed by atoms with Gasteiger partial charge in [-0.25, -0.2) is 0 Å². The molecule has 0 aliphatic carbocycles. The highest BCUT2D eigenvalue weighted by Gasteiger charge is 2.07. The maximum atomic E-state index is 11.6. The van der Waals surface area contributed by atoms with E-state index < -0.39 is 0 Å². The molecule has 1 aromatic rings. The molecule has 0 aromatic heterocycles. The first-order valence-corrected chi connectivity index (χ1v) is 6.00. The van der Waals surface area contributed by atoms with Crippen molar-refractivity contribution in [3.8, 4) is 0 Å². The number of rotatable bonds is 5. The minimum Gasteiger partial charge on any atom is -0.372 e. The van der Waals surface area contributed by atoms with Crippen molar-refractivity contribution in [1.82, 2.24) is 0 Å². The molecule has 17 heavy (non-hydrogen) atoms. The van der Waals surface area contributed by atoms with Gasteiger partial charge in [0.15, 0.2) is 0 Å². The van der Waals surface area contributed by atoms with E-state index in [-0.39, 0.29) is 12.5 Å². The van der Waals surface area contributed by atoms with Crippen LogP contribution in [-0.4, -0.2) is 19.1 Å². The smallest absolute Gasteiger partial charge is 0.250 e. The SMILES string of the molecule is CCCOCC(=O)Nc1c(C)cc(C)cc1C. The fourth-order valence-corrected chi connectivity index (χ4v) is 1.86. The lowest BCUT2D eigenvalue weighted by Gasteiger charge is -2.12. The number of hydrogen-bond acceptors (Lipinski definition) is 2. The van der Waals surface area contributed by atoms with Crippen molar-refractivity contribution in [2.24, 2.45) is 0 Å². The highest BCUT2D eigenvalue weighted by Crippen LogP contribution is 2.21. The van der Waals surface area contributed by atoms with Gasteiger partial charge in [0, 0.05) is 12.3 Å². The standard InChI is InChI=1S/C14H21NO2/c1-5-6-17-9-13(16)15-14-11(3)7-10(2)8-12(14)4/h7-8H,5-6,9H2,1-4H3,(H,15,16). The Morgan fingerprint density at radius 3 is 2.35 bits per heavy atom. The Labute approximate surface area is 103 Å². The fraction of sp³-hybridized carbons (Fsp3) is 0.500.